The predicted molar refractivity (Wildman–Crippen MR) is 77.6 cm³/mol. The summed E-state index contributed by atoms with van der Waals surface area (Å²) in [5.41, 5.74) is 0.516. The Hall–Kier alpha value is -0.770. The van der Waals surface area contributed by atoms with Crippen LogP contribution in [0.3, 0.4) is 0 Å². The van der Waals surface area contributed by atoms with Crippen LogP contribution in [0.5, 0.6) is 5.75 Å². The minimum atomic E-state index is -0.138. The van der Waals surface area contributed by atoms with Crippen LogP contribution in [0.25, 0.3) is 0 Å². The van der Waals surface area contributed by atoms with E-state index in [0.717, 1.165) is 25.8 Å². The van der Waals surface area contributed by atoms with Gasteiger partial charge >= 0.3 is 0 Å². The van der Waals surface area contributed by atoms with E-state index in [-0.39, 0.29) is 11.8 Å². The van der Waals surface area contributed by atoms with E-state index >= 15 is 0 Å². The van der Waals surface area contributed by atoms with E-state index in [4.69, 9.17) is 27.9 Å². The molecule has 0 bridgehead atoms. The van der Waals surface area contributed by atoms with Crippen LogP contribution in [0, 0.1) is 0 Å². The standard InChI is InChI=1S/C14H17Cl2NO2/c1-2-6-19-13-8-11(16)10(15)7-9(13)14(18)12-4-3-5-17-12/h7-8,12,17H,2-6H2,1H3. The third-order valence-corrected chi connectivity index (χ3v) is 3.85. The van der Waals surface area contributed by atoms with Gasteiger partial charge in [-0.05, 0) is 31.9 Å². The highest BCUT2D eigenvalue weighted by Crippen LogP contribution is 2.32. The van der Waals surface area contributed by atoms with Crippen molar-refractivity contribution in [2.24, 2.45) is 0 Å². The topological polar surface area (TPSA) is 38.3 Å². The van der Waals surface area contributed by atoms with Gasteiger partial charge in [-0.25, -0.2) is 0 Å². The minimum absolute atomic E-state index is 0.0298. The SMILES string of the molecule is CCCOc1cc(Cl)c(Cl)cc1C(=O)C1CCCN1. The lowest BCUT2D eigenvalue weighted by Gasteiger charge is -2.15. The molecule has 1 aromatic carbocycles. The van der Waals surface area contributed by atoms with Crippen molar-refractivity contribution in [3.05, 3.63) is 27.7 Å². The van der Waals surface area contributed by atoms with Crippen LogP contribution >= 0.6 is 23.2 Å². The van der Waals surface area contributed by atoms with Gasteiger partial charge in [0.1, 0.15) is 5.75 Å². The highest BCUT2D eigenvalue weighted by atomic mass is 35.5. The molecule has 19 heavy (non-hydrogen) atoms. The van der Waals surface area contributed by atoms with E-state index in [0.29, 0.717) is 28.0 Å². The van der Waals surface area contributed by atoms with E-state index in [9.17, 15) is 4.79 Å². The molecule has 0 amide bonds. The molecule has 1 unspecified atom stereocenters. The molecular formula is C14H17Cl2NO2. The summed E-state index contributed by atoms with van der Waals surface area (Å²) in [6.45, 7) is 3.44. The second-order valence-electron chi connectivity index (χ2n) is 4.62. The number of nitrogens with one attached hydrogen (secondary N) is 1. The summed E-state index contributed by atoms with van der Waals surface area (Å²) in [6, 6.07) is 3.10. The molecule has 1 aromatic rings. The van der Waals surface area contributed by atoms with Gasteiger partial charge in [-0.3, -0.25) is 4.79 Å². The second kappa shape index (κ2) is 6.60. The first-order valence-corrected chi connectivity index (χ1v) is 7.28. The lowest BCUT2D eigenvalue weighted by atomic mass is 10.0. The molecule has 1 saturated heterocycles. The monoisotopic (exact) mass is 301 g/mol. The van der Waals surface area contributed by atoms with E-state index in [2.05, 4.69) is 5.32 Å². The number of Topliss-reactive ketones (excluding diaryl/α,β-unsaturated/α-hetero) is 1. The molecule has 3 nitrogen and oxygen atoms in total. The van der Waals surface area contributed by atoms with Gasteiger partial charge in [-0.1, -0.05) is 30.1 Å². The second-order valence-corrected chi connectivity index (χ2v) is 5.44. The average molecular weight is 302 g/mol. The van der Waals surface area contributed by atoms with E-state index in [1.807, 2.05) is 6.92 Å². The molecule has 2 rings (SSSR count). The molecule has 0 aromatic heterocycles. The Balaban J connectivity index is 2.30. The minimum Gasteiger partial charge on any atom is -0.493 e. The zero-order valence-corrected chi connectivity index (χ0v) is 12.4. The molecule has 0 aliphatic carbocycles. The number of rotatable bonds is 5. The number of ether oxygens (including phenoxy) is 1. The average Bonchev–Trinajstić information content (AvgIpc) is 2.92. The Labute approximate surface area is 123 Å². The zero-order chi connectivity index (χ0) is 13.8. The Morgan fingerprint density at radius 3 is 2.79 bits per heavy atom. The Morgan fingerprint density at radius 1 is 1.42 bits per heavy atom. The molecule has 1 atom stereocenters. The van der Waals surface area contributed by atoms with Gasteiger partial charge in [0, 0.05) is 6.07 Å². The fourth-order valence-corrected chi connectivity index (χ4v) is 2.47. The van der Waals surface area contributed by atoms with Crippen LogP contribution < -0.4 is 10.1 Å². The van der Waals surface area contributed by atoms with E-state index < -0.39 is 0 Å². The molecule has 1 heterocycles. The van der Waals surface area contributed by atoms with Gasteiger partial charge in [-0.15, -0.1) is 0 Å². The number of halogens is 2. The maximum Gasteiger partial charge on any atom is 0.183 e. The molecular weight excluding hydrogens is 285 g/mol. The maximum atomic E-state index is 12.5. The molecule has 104 valence electrons. The van der Waals surface area contributed by atoms with Crippen molar-refractivity contribution in [1.29, 1.82) is 0 Å². The molecule has 0 radical (unpaired) electrons. The van der Waals surface area contributed by atoms with Gasteiger partial charge in [0.2, 0.25) is 0 Å². The van der Waals surface area contributed by atoms with Crippen LogP contribution in [0.15, 0.2) is 12.1 Å². The highest BCUT2D eigenvalue weighted by molar-refractivity contribution is 6.42. The summed E-state index contributed by atoms with van der Waals surface area (Å²) < 4.78 is 5.61. The van der Waals surface area contributed by atoms with Crippen molar-refractivity contribution < 1.29 is 9.53 Å². The first-order valence-electron chi connectivity index (χ1n) is 6.53. The van der Waals surface area contributed by atoms with Crippen LogP contribution in [-0.4, -0.2) is 25.0 Å². The lowest BCUT2D eigenvalue weighted by Crippen LogP contribution is -2.31. The van der Waals surface area contributed by atoms with Crippen molar-refractivity contribution in [1.82, 2.24) is 5.32 Å². The maximum absolute atomic E-state index is 12.5. The summed E-state index contributed by atoms with van der Waals surface area (Å²) in [5, 5.41) is 3.98. The number of hydrogen-bond acceptors (Lipinski definition) is 3. The number of benzene rings is 1. The first kappa shape index (κ1) is 14.6. The first-order chi connectivity index (χ1) is 9.13. The largest absolute Gasteiger partial charge is 0.493 e. The Kier molecular flexibility index (Phi) is 5.08. The lowest BCUT2D eigenvalue weighted by molar-refractivity contribution is 0.0948. The zero-order valence-electron chi connectivity index (χ0n) is 10.8. The van der Waals surface area contributed by atoms with Crippen LogP contribution in [0.2, 0.25) is 10.0 Å². The Morgan fingerprint density at radius 2 is 2.16 bits per heavy atom. The smallest absolute Gasteiger partial charge is 0.183 e. The molecule has 0 spiro atoms. The van der Waals surface area contributed by atoms with Crippen LogP contribution in [0.1, 0.15) is 36.5 Å². The molecule has 1 fully saturated rings. The number of carbonyl (C=O) groups is 1. The summed E-state index contributed by atoms with van der Waals surface area (Å²) in [4.78, 5) is 12.5. The summed E-state index contributed by atoms with van der Waals surface area (Å²) in [6.07, 6.45) is 2.74. The summed E-state index contributed by atoms with van der Waals surface area (Å²) >= 11 is 12.0. The molecule has 0 saturated carbocycles. The van der Waals surface area contributed by atoms with Gasteiger partial charge in [0.15, 0.2) is 5.78 Å². The summed E-state index contributed by atoms with van der Waals surface area (Å²) in [7, 11) is 0. The van der Waals surface area contributed by atoms with Gasteiger partial charge in [-0.2, -0.15) is 0 Å². The molecule has 1 aliphatic heterocycles. The number of hydrogen-bond donors (Lipinski definition) is 1. The summed E-state index contributed by atoms with van der Waals surface area (Å²) in [5.74, 6) is 0.553. The normalized spacial score (nSPS) is 18.6. The molecule has 1 N–H and O–H groups in total. The van der Waals surface area contributed by atoms with Crippen molar-refractivity contribution >= 4 is 29.0 Å². The van der Waals surface area contributed by atoms with Crippen molar-refractivity contribution in [3.63, 3.8) is 0 Å². The number of ketones is 1. The quantitative estimate of drug-likeness (QED) is 0.843. The van der Waals surface area contributed by atoms with Crippen molar-refractivity contribution in [2.45, 2.75) is 32.2 Å². The van der Waals surface area contributed by atoms with Crippen molar-refractivity contribution in [2.75, 3.05) is 13.2 Å². The van der Waals surface area contributed by atoms with Gasteiger partial charge in [0.25, 0.3) is 0 Å². The Bertz CT molecular complexity index is 471. The third-order valence-electron chi connectivity index (χ3n) is 3.13. The van der Waals surface area contributed by atoms with Crippen molar-refractivity contribution in [3.8, 4) is 5.75 Å². The van der Waals surface area contributed by atoms with Crippen LogP contribution in [-0.2, 0) is 0 Å². The highest BCUT2D eigenvalue weighted by Gasteiger charge is 2.26. The molecule has 1 aliphatic rings. The fraction of sp³-hybridized carbons (Fsp3) is 0.500. The van der Waals surface area contributed by atoms with Crippen LogP contribution in [0.4, 0.5) is 0 Å². The van der Waals surface area contributed by atoms with Gasteiger partial charge in [0.05, 0.1) is 28.3 Å². The fourth-order valence-electron chi connectivity index (χ4n) is 2.15. The third kappa shape index (κ3) is 3.41. The predicted octanol–water partition coefficient (Wildman–Crippen LogP) is 3.72. The number of carbonyl (C=O) groups excluding carboxylic acids is 1. The van der Waals surface area contributed by atoms with E-state index in [1.165, 1.54) is 0 Å². The molecule has 5 heteroatoms. The van der Waals surface area contributed by atoms with E-state index in [1.54, 1.807) is 12.1 Å². The van der Waals surface area contributed by atoms with Gasteiger partial charge < -0.3 is 10.1 Å².